The minimum Gasteiger partial charge on any atom is -0.444 e. The Hall–Kier alpha value is -1.34. The zero-order valence-corrected chi connectivity index (χ0v) is 14.4. The van der Waals surface area contributed by atoms with Crippen LogP contribution in [-0.2, 0) is 19.0 Å². The molecule has 0 aliphatic carbocycles. The minimum atomic E-state index is -0.573. The number of amides is 2. The molecule has 128 valence electrons. The maximum Gasteiger partial charge on any atom is 0.410 e. The Balaban J connectivity index is 2.69. The monoisotopic (exact) mass is 316 g/mol. The lowest BCUT2D eigenvalue weighted by Crippen LogP contribution is -2.49. The minimum absolute atomic E-state index is 0.123. The lowest BCUT2D eigenvalue weighted by Gasteiger charge is -2.31. The van der Waals surface area contributed by atoms with E-state index in [0.29, 0.717) is 19.5 Å². The highest BCUT2D eigenvalue weighted by atomic mass is 16.7. The third kappa shape index (κ3) is 5.14. The van der Waals surface area contributed by atoms with Gasteiger partial charge in [-0.1, -0.05) is 0 Å². The summed E-state index contributed by atoms with van der Waals surface area (Å²) in [5.41, 5.74) is -0.573. The summed E-state index contributed by atoms with van der Waals surface area (Å²) in [5, 5.41) is 0. The first-order valence-corrected chi connectivity index (χ1v) is 7.49. The predicted molar refractivity (Wildman–Crippen MR) is 81.4 cm³/mol. The molecule has 0 aromatic carbocycles. The highest BCUT2D eigenvalue weighted by Gasteiger charge is 2.38. The fraction of sp³-hybridized carbons (Fsp3) is 0.867. The van der Waals surface area contributed by atoms with E-state index in [0.717, 1.165) is 6.42 Å². The molecule has 2 amide bonds. The van der Waals surface area contributed by atoms with Gasteiger partial charge >= 0.3 is 6.09 Å². The fourth-order valence-corrected chi connectivity index (χ4v) is 2.38. The number of ether oxygens (including phenoxy) is 3. The van der Waals surface area contributed by atoms with E-state index in [1.807, 2.05) is 20.8 Å². The van der Waals surface area contributed by atoms with Crippen LogP contribution in [0, 0.1) is 0 Å². The number of likely N-dealkylation sites (tertiary alicyclic amines) is 1. The molecule has 0 radical (unpaired) electrons. The molecule has 1 heterocycles. The fourth-order valence-electron chi connectivity index (χ4n) is 2.38. The zero-order valence-electron chi connectivity index (χ0n) is 14.4. The molecule has 0 N–H and O–H groups in total. The van der Waals surface area contributed by atoms with Crippen molar-refractivity contribution in [2.75, 3.05) is 34.4 Å². The summed E-state index contributed by atoms with van der Waals surface area (Å²) >= 11 is 0. The molecule has 1 saturated heterocycles. The standard InChI is InChI=1S/C15H28N2O5/c1-15(2,3)22-14(19)17-9-7-8-11(17)13(18)16(4)10-12(20-5)21-6/h11-12H,7-10H2,1-6H3/t11-/m1/s1. The molecular weight excluding hydrogens is 288 g/mol. The van der Waals surface area contributed by atoms with Gasteiger partial charge in [-0.3, -0.25) is 9.69 Å². The van der Waals surface area contributed by atoms with Gasteiger partial charge in [0.2, 0.25) is 5.91 Å². The highest BCUT2D eigenvalue weighted by Crippen LogP contribution is 2.22. The van der Waals surface area contributed by atoms with E-state index in [9.17, 15) is 9.59 Å². The van der Waals surface area contributed by atoms with E-state index in [1.54, 1.807) is 7.05 Å². The number of carbonyl (C=O) groups is 2. The Bertz CT molecular complexity index is 390. The van der Waals surface area contributed by atoms with Gasteiger partial charge in [-0.25, -0.2) is 4.79 Å². The van der Waals surface area contributed by atoms with Gasteiger partial charge in [0.15, 0.2) is 6.29 Å². The molecule has 1 rings (SSSR count). The Morgan fingerprint density at radius 3 is 2.36 bits per heavy atom. The summed E-state index contributed by atoms with van der Waals surface area (Å²) in [5.74, 6) is -0.123. The van der Waals surface area contributed by atoms with Crippen LogP contribution in [0.25, 0.3) is 0 Å². The first kappa shape index (κ1) is 18.7. The number of hydrogen-bond acceptors (Lipinski definition) is 5. The van der Waals surface area contributed by atoms with Gasteiger partial charge in [0.25, 0.3) is 0 Å². The van der Waals surface area contributed by atoms with E-state index < -0.39 is 24.0 Å². The number of hydrogen-bond donors (Lipinski definition) is 0. The van der Waals surface area contributed by atoms with Crippen LogP contribution in [0.2, 0.25) is 0 Å². The molecular formula is C15H28N2O5. The normalized spacial score (nSPS) is 18.7. The Kier molecular flexibility index (Phi) is 6.62. The summed E-state index contributed by atoms with van der Waals surface area (Å²) in [6, 6.07) is -0.478. The van der Waals surface area contributed by atoms with Gasteiger partial charge in [-0.2, -0.15) is 0 Å². The lowest BCUT2D eigenvalue weighted by atomic mass is 10.2. The first-order chi connectivity index (χ1) is 10.2. The van der Waals surface area contributed by atoms with Crippen molar-refractivity contribution < 1.29 is 23.8 Å². The van der Waals surface area contributed by atoms with Crippen molar-refractivity contribution in [1.29, 1.82) is 0 Å². The van der Waals surface area contributed by atoms with E-state index >= 15 is 0 Å². The Labute approximate surface area is 132 Å². The molecule has 0 bridgehead atoms. The van der Waals surface area contributed by atoms with Crippen LogP contribution < -0.4 is 0 Å². The van der Waals surface area contributed by atoms with Gasteiger partial charge < -0.3 is 19.1 Å². The predicted octanol–water partition coefficient (Wildman–Crippen LogP) is 1.46. The quantitative estimate of drug-likeness (QED) is 0.718. The van der Waals surface area contributed by atoms with E-state index in [4.69, 9.17) is 14.2 Å². The van der Waals surface area contributed by atoms with Crippen LogP contribution in [-0.4, -0.2) is 74.1 Å². The summed E-state index contributed by atoms with van der Waals surface area (Å²) in [4.78, 5) is 27.8. The van der Waals surface area contributed by atoms with E-state index in [1.165, 1.54) is 24.0 Å². The molecule has 0 saturated carbocycles. The summed E-state index contributed by atoms with van der Waals surface area (Å²) in [6.07, 6.45) is 0.520. The van der Waals surface area contributed by atoms with Crippen molar-refractivity contribution in [3.8, 4) is 0 Å². The molecule has 22 heavy (non-hydrogen) atoms. The van der Waals surface area contributed by atoms with E-state index in [-0.39, 0.29) is 5.91 Å². The molecule has 1 aliphatic heterocycles. The number of likely N-dealkylation sites (N-methyl/N-ethyl adjacent to an activating group) is 1. The topological polar surface area (TPSA) is 68.3 Å². The van der Waals surface area contributed by atoms with Crippen LogP contribution in [0.3, 0.4) is 0 Å². The Morgan fingerprint density at radius 1 is 1.27 bits per heavy atom. The van der Waals surface area contributed by atoms with Crippen molar-refractivity contribution >= 4 is 12.0 Å². The second-order valence-corrected chi connectivity index (χ2v) is 6.45. The highest BCUT2D eigenvalue weighted by molar-refractivity contribution is 5.86. The van der Waals surface area contributed by atoms with Crippen LogP contribution in [0.4, 0.5) is 4.79 Å². The van der Waals surface area contributed by atoms with Crippen LogP contribution in [0.1, 0.15) is 33.6 Å². The first-order valence-electron chi connectivity index (χ1n) is 7.49. The third-order valence-electron chi connectivity index (χ3n) is 3.49. The third-order valence-corrected chi connectivity index (χ3v) is 3.49. The van der Waals surface area contributed by atoms with E-state index in [2.05, 4.69) is 0 Å². The Morgan fingerprint density at radius 2 is 1.86 bits per heavy atom. The van der Waals surface area contributed by atoms with Gasteiger partial charge in [-0.05, 0) is 33.6 Å². The molecule has 7 nitrogen and oxygen atoms in total. The zero-order chi connectivity index (χ0) is 16.9. The van der Waals surface area contributed by atoms with Gasteiger partial charge in [0.1, 0.15) is 11.6 Å². The SMILES string of the molecule is COC(CN(C)C(=O)[C@H]1CCCN1C(=O)OC(C)(C)C)OC. The van der Waals surface area contributed by atoms with Crippen LogP contribution in [0.5, 0.6) is 0 Å². The molecule has 1 aliphatic rings. The largest absolute Gasteiger partial charge is 0.444 e. The molecule has 0 unspecified atom stereocenters. The maximum absolute atomic E-state index is 12.6. The van der Waals surface area contributed by atoms with Crippen LogP contribution in [0.15, 0.2) is 0 Å². The van der Waals surface area contributed by atoms with Crippen molar-refractivity contribution in [1.82, 2.24) is 9.80 Å². The van der Waals surface area contributed by atoms with Crippen LogP contribution >= 0.6 is 0 Å². The number of nitrogens with zero attached hydrogens (tertiary/aromatic N) is 2. The second kappa shape index (κ2) is 7.78. The number of methoxy groups -OCH3 is 2. The maximum atomic E-state index is 12.6. The number of rotatable bonds is 5. The summed E-state index contributed by atoms with van der Waals surface area (Å²) in [6.45, 7) is 6.28. The van der Waals surface area contributed by atoms with Crippen molar-refractivity contribution in [3.05, 3.63) is 0 Å². The average Bonchev–Trinajstić information content (AvgIpc) is 2.91. The second-order valence-electron chi connectivity index (χ2n) is 6.45. The molecule has 0 aromatic heterocycles. The van der Waals surface area contributed by atoms with Gasteiger partial charge in [0, 0.05) is 27.8 Å². The number of carbonyl (C=O) groups excluding carboxylic acids is 2. The molecule has 0 aromatic rings. The smallest absolute Gasteiger partial charge is 0.410 e. The van der Waals surface area contributed by atoms with Gasteiger partial charge in [-0.15, -0.1) is 0 Å². The van der Waals surface area contributed by atoms with Crippen molar-refractivity contribution in [2.45, 2.75) is 51.5 Å². The molecule has 1 atom stereocenters. The molecule has 1 fully saturated rings. The summed E-state index contributed by atoms with van der Waals surface area (Å²) < 4.78 is 15.6. The lowest BCUT2D eigenvalue weighted by molar-refractivity contribution is -0.146. The average molecular weight is 316 g/mol. The molecule has 7 heteroatoms. The van der Waals surface area contributed by atoms with Crippen molar-refractivity contribution in [2.24, 2.45) is 0 Å². The van der Waals surface area contributed by atoms with Gasteiger partial charge in [0.05, 0.1) is 6.54 Å². The molecule has 0 spiro atoms. The van der Waals surface area contributed by atoms with Crippen molar-refractivity contribution in [3.63, 3.8) is 0 Å². The summed E-state index contributed by atoms with van der Waals surface area (Å²) in [7, 11) is 4.73.